The van der Waals surface area contributed by atoms with Gasteiger partial charge in [-0.1, -0.05) is 48.0 Å². The summed E-state index contributed by atoms with van der Waals surface area (Å²) in [6.07, 6.45) is -1.23. The van der Waals surface area contributed by atoms with Crippen molar-refractivity contribution < 1.29 is 17.9 Å². The smallest absolute Gasteiger partial charge is 0.408 e. The van der Waals surface area contributed by atoms with Gasteiger partial charge < -0.3 is 10.1 Å². The molecule has 1 amide bonds. The first-order valence-corrected chi connectivity index (χ1v) is 8.82. The van der Waals surface area contributed by atoms with Gasteiger partial charge >= 0.3 is 6.09 Å². The number of sulfone groups is 1. The van der Waals surface area contributed by atoms with Gasteiger partial charge in [0.25, 0.3) is 0 Å². The molecule has 0 aliphatic rings. The van der Waals surface area contributed by atoms with Crippen molar-refractivity contribution in [2.75, 3.05) is 5.88 Å². The zero-order chi connectivity index (χ0) is 16.9. The number of carbonyl (C=O) groups is 1. The average molecular weight is 333 g/mol. The maximum atomic E-state index is 12.1. The molecule has 1 atom stereocenters. The minimum atomic E-state index is -3.58. The average Bonchev–Trinajstić information content (AvgIpc) is 2.54. The third kappa shape index (κ3) is 4.82. The van der Waals surface area contributed by atoms with E-state index in [2.05, 4.69) is 5.32 Å². The number of rotatable bonds is 5. The number of aryl methyl sites for hydroxylation is 1. The van der Waals surface area contributed by atoms with E-state index in [1.54, 1.807) is 19.1 Å². The molecule has 1 N–H and O–H groups in total. The topological polar surface area (TPSA) is 72.5 Å². The zero-order valence-corrected chi connectivity index (χ0v) is 13.8. The van der Waals surface area contributed by atoms with Gasteiger partial charge in [0.2, 0.25) is 0 Å². The normalized spacial score (nSPS) is 12.4. The maximum Gasteiger partial charge on any atom is 0.408 e. The lowest BCUT2D eigenvalue weighted by Gasteiger charge is -2.14. The Bertz CT molecular complexity index is 755. The molecule has 23 heavy (non-hydrogen) atoms. The molecule has 2 aromatic rings. The van der Waals surface area contributed by atoms with E-state index < -0.39 is 27.9 Å². The molecule has 1 unspecified atom stereocenters. The lowest BCUT2D eigenvalue weighted by Crippen LogP contribution is -2.30. The number of amides is 1. The van der Waals surface area contributed by atoms with Gasteiger partial charge in [0.15, 0.2) is 9.84 Å². The molecule has 0 aromatic heterocycles. The standard InChI is InChI=1S/C17H19NO4S/c1-13-8-10-16(11-9-13)23(20,21)12-18-17(19)22-14(2)15-6-4-3-5-7-15/h3-11,14H,12H2,1-2H3,(H,18,19). The Morgan fingerprint density at radius 1 is 1.09 bits per heavy atom. The monoisotopic (exact) mass is 333 g/mol. The number of alkyl carbamates (subject to hydrolysis) is 1. The summed E-state index contributed by atoms with van der Waals surface area (Å²) in [4.78, 5) is 11.9. The van der Waals surface area contributed by atoms with E-state index in [4.69, 9.17) is 4.74 Å². The molecule has 0 radical (unpaired) electrons. The van der Waals surface area contributed by atoms with Crippen LogP contribution in [-0.2, 0) is 14.6 Å². The molecule has 6 heteroatoms. The second-order valence-electron chi connectivity index (χ2n) is 5.21. The van der Waals surface area contributed by atoms with Gasteiger partial charge in [-0.15, -0.1) is 0 Å². The fourth-order valence-corrected chi connectivity index (χ4v) is 3.00. The summed E-state index contributed by atoms with van der Waals surface area (Å²) in [5.41, 5.74) is 1.80. The molecule has 2 aromatic carbocycles. The number of hydrogen-bond acceptors (Lipinski definition) is 4. The van der Waals surface area contributed by atoms with Crippen LogP contribution in [0, 0.1) is 6.92 Å². The van der Waals surface area contributed by atoms with E-state index in [1.807, 2.05) is 37.3 Å². The van der Waals surface area contributed by atoms with Crippen molar-refractivity contribution in [3.63, 3.8) is 0 Å². The van der Waals surface area contributed by atoms with Crippen LogP contribution in [0.15, 0.2) is 59.5 Å². The lowest BCUT2D eigenvalue weighted by atomic mass is 10.1. The second-order valence-corrected chi connectivity index (χ2v) is 7.20. The fraction of sp³-hybridized carbons (Fsp3) is 0.235. The van der Waals surface area contributed by atoms with Crippen LogP contribution < -0.4 is 5.32 Å². The first kappa shape index (κ1) is 17.0. The van der Waals surface area contributed by atoms with Crippen molar-refractivity contribution in [3.05, 3.63) is 65.7 Å². The SMILES string of the molecule is Cc1ccc(S(=O)(=O)CNC(=O)OC(C)c2ccccc2)cc1. The first-order valence-electron chi connectivity index (χ1n) is 7.17. The van der Waals surface area contributed by atoms with Crippen molar-refractivity contribution in [3.8, 4) is 0 Å². The number of nitrogens with one attached hydrogen (secondary N) is 1. The van der Waals surface area contributed by atoms with Gasteiger partial charge in [0.05, 0.1) is 4.90 Å². The molecule has 0 fully saturated rings. The van der Waals surface area contributed by atoms with Crippen LogP contribution >= 0.6 is 0 Å². The minimum absolute atomic E-state index is 0.166. The highest BCUT2D eigenvalue weighted by Gasteiger charge is 2.17. The number of ether oxygens (including phenoxy) is 1. The summed E-state index contributed by atoms with van der Waals surface area (Å²) in [5, 5.41) is 2.29. The van der Waals surface area contributed by atoms with Crippen molar-refractivity contribution in [1.82, 2.24) is 5.32 Å². The van der Waals surface area contributed by atoms with Crippen LogP contribution in [0.4, 0.5) is 4.79 Å². The number of carbonyl (C=O) groups excluding carboxylic acids is 1. The molecule has 0 aliphatic carbocycles. The lowest BCUT2D eigenvalue weighted by molar-refractivity contribution is 0.108. The van der Waals surface area contributed by atoms with E-state index in [-0.39, 0.29) is 4.90 Å². The van der Waals surface area contributed by atoms with Crippen LogP contribution in [0.2, 0.25) is 0 Å². The molecule has 5 nitrogen and oxygen atoms in total. The van der Waals surface area contributed by atoms with E-state index in [9.17, 15) is 13.2 Å². The van der Waals surface area contributed by atoms with Gasteiger partial charge in [-0.2, -0.15) is 0 Å². The van der Waals surface area contributed by atoms with E-state index in [0.717, 1.165) is 11.1 Å². The summed E-state index contributed by atoms with van der Waals surface area (Å²) in [5.74, 6) is -0.504. The third-order valence-electron chi connectivity index (χ3n) is 3.34. The maximum absolute atomic E-state index is 12.1. The van der Waals surface area contributed by atoms with E-state index >= 15 is 0 Å². The Morgan fingerprint density at radius 3 is 2.30 bits per heavy atom. The molecule has 0 saturated heterocycles. The van der Waals surface area contributed by atoms with E-state index in [0.29, 0.717) is 0 Å². The molecule has 122 valence electrons. The number of hydrogen-bond donors (Lipinski definition) is 1. The van der Waals surface area contributed by atoms with Crippen LogP contribution in [0.1, 0.15) is 24.2 Å². The predicted octanol–water partition coefficient (Wildman–Crippen LogP) is 3.21. The van der Waals surface area contributed by atoms with Gasteiger partial charge in [0, 0.05) is 0 Å². The molecule has 0 saturated carbocycles. The Kier molecular flexibility index (Phi) is 5.39. The molecular weight excluding hydrogens is 314 g/mol. The molecular formula is C17H19NO4S. The van der Waals surface area contributed by atoms with E-state index in [1.165, 1.54) is 12.1 Å². The molecule has 0 spiro atoms. The largest absolute Gasteiger partial charge is 0.442 e. The third-order valence-corrected chi connectivity index (χ3v) is 4.85. The van der Waals surface area contributed by atoms with Crippen LogP contribution in [-0.4, -0.2) is 20.4 Å². The van der Waals surface area contributed by atoms with Crippen molar-refractivity contribution in [2.45, 2.75) is 24.8 Å². The second kappa shape index (κ2) is 7.28. The van der Waals surface area contributed by atoms with Crippen LogP contribution in [0.25, 0.3) is 0 Å². The van der Waals surface area contributed by atoms with Gasteiger partial charge in [-0.05, 0) is 31.5 Å². The van der Waals surface area contributed by atoms with Crippen molar-refractivity contribution >= 4 is 15.9 Å². The van der Waals surface area contributed by atoms with Crippen molar-refractivity contribution in [1.29, 1.82) is 0 Å². The Labute approximate surface area is 136 Å². The van der Waals surface area contributed by atoms with Gasteiger partial charge in [-0.25, -0.2) is 13.2 Å². The Hall–Kier alpha value is -2.34. The molecule has 2 rings (SSSR count). The zero-order valence-electron chi connectivity index (χ0n) is 13.0. The first-order chi connectivity index (χ1) is 10.9. The summed E-state index contributed by atoms with van der Waals surface area (Å²) >= 11 is 0. The highest BCUT2D eigenvalue weighted by atomic mass is 32.2. The highest BCUT2D eigenvalue weighted by molar-refractivity contribution is 7.91. The van der Waals surface area contributed by atoms with Crippen molar-refractivity contribution in [2.24, 2.45) is 0 Å². The summed E-state index contributed by atoms with van der Waals surface area (Å²) in [7, 11) is -3.58. The van der Waals surface area contributed by atoms with Gasteiger partial charge in [0.1, 0.15) is 12.0 Å². The number of benzene rings is 2. The summed E-state index contributed by atoms with van der Waals surface area (Å²) in [6, 6.07) is 15.7. The molecule has 0 aliphatic heterocycles. The minimum Gasteiger partial charge on any atom is -0.442 e. The van der Waals surface area contributed by atoms with Crippen LogP contribution in [0.3, 0.4) is 0 Å². The molecule has 0 bridgehead atoms. The summed E-state index contributed by atoms with van der Waals surface area (Å²) in [6.45, 7) is 3.60. The Balaban J connectivity index is 1.92. The van der Waals surface area contributed by atoms with Crippen LogP contribution in [0.5, 0.6) is 0 Å². The highest BCUT2D eigenvalue weighted by Crippen LogP contribution is 2.16. The van der Waals surface area contributed by atoms with Gasteiger partial charge in [-0.3, -0.25) is 0 Å². The fourth-order valence-electron chi connectivity index (χ4n) is 1.98. The summed E-state index contributed by atoms with van der Waals surface area (Å²) < 4.78 is 29.4. The molecule has 0 heterocycles. The quantitative estimate of drug-likeness (QED) is 0.912. The predicted molar refractivity (Wildman–Crippen MR) is 87.7 cm³/mol. The Morgan fingerprint density at radius 2 is 1.70 bits per heavy atom.